The van der Waals surface area contributed by atoms with Gasteiger partial charge in [-0.3, -0.25) is 14.7 Å². The summed E-state index contributed by atoms with van der Waals surface area (Å²) < 4.78 is 11.5. The van der Waals surface area contributed by atoms with Crippen molar-refractivity contribution in [3.05, 3.63) is 84.4 Å². The van der Waals surface area contributed by atoms with Gasteiger partial charge in [0.2, 0.25) is 17.6 Å². The van der Waals surface area contributed by atoms with Crippen molar-refractivity contribution >= 4 is 11.6 Å². The minimum Gasteiger partial charge on any atom is -0.455 e. The van der Waals surface area contributed by atoms with Gasteiger partial charge >= 0.3 is 0 Å². The number of rotatable bonds is 7. The van der Waals surface area contributed by atoms with Crippen LogP contribution in [-0.2, 0) is 4.79 Å². The van der Waals surface area contributed by atoms with E-state index in [4.69, 9.17) is 9.26 Å². The number of aromatic nitrogens is 3. The molecule has 0 saturated carbocycles. The Morgan fingerprint density at radius 2 is 1.83 bits per heavy atom. The van der Waals surface area contributed by atoms with E-state index in [1.54, 1.807) is 6.20 Å². The lowest BCUT2D eigenvalue weighted by Gasteiger charge is -2.29. The number of aryl methyl sites for hydroxylation is 1. The third-order valence-electron chi connectivity index (χ3n) is 6.05. The van der Waals surface area contributed by atoms with Crippen molar-refractivity contribution in [3.8, 4) is 23.0 Å². The Labute approximate surface area is 204 Å². The van der Waals surface area contributed by atoms with Crippen molar-refractivity contribution in [2.45, 2.75) is 25.7 Å². The number of hydrogen-bond acceptors (Lipinski definition) is 7. The number of anilines is 1. The maximum atomic E-state index is 12.8. The van der Waals surface area contributed by atoms with Crippen molar-refractivity contribution in [3.63, 3.8) is 0 Å². The molecule has 8 heteroatoms. The van der Waals surface area contributed by atoms with Crippen molar-refractivity contribution in [2.75, 3.05) is 25.0 Å². The Morgan fingerprint density at radius 1 is 1.06 bits per heavy atom. The van der Waals surface area contributed by atoms with Gasteiger partial charge < -0.3 is 14.6 Å². The number of benzene rings is 2. The molecule has 0 spiro atoms. The molecule has 0 radical (unpaired) electrons. The largest absolute Gasteiger partial charge is 0.455 e. The highest BCUT2D eigenvalue weighted by molar-refractivity contribution is 5.93. The average molecular weight is 470 g/mol. The van der Waals surface area contributed by atoms with Gasteiger partial charge in [0.15, 0.2) is 5.75 Å². The van der Waals surface area contributed by atoms with Crippen LogP contribution in [0.15, 0.2) is 77.4 Å². The lowest BCUT2D eigenvalue weighted by molar-refractivity contribution is -0.117. The van der Waals surface area contributed by atoms with Crippen LogP contribution < -0.4 is 10.1 Å². The summed E-state index contributed by atoms with van der Waals surface area (Å²) >= 11 is 0. The zero-order valence-corrected chi connectivity index (χ0v) is 19.6. The van der Waals surface area contributed by atoms with E-state index in [2.05, 4.69) is 25.3 Å². The van der Waals surface area contributed by atoms with E-state index >= 15 is 0 Å². The molecule has 2 aromatic heterocycles. The molecular formula is C27H27N5O3. The summed E-state index contributed by atoms with van der Waals surface area (Å²) in [4.78, 5) is 23.7. The van der Waals surface area contributed by atoms with Gasteiger partial charge in [-0.1, -0.05) is 41.1 Å². The Kier molecular flexibility index (Phi) is 6.81. The second kappa shape index (κ2) is 10.5. The first kappa shape index (κ1) is 22.7. The van der Waals surface area contributed by atoms with Gasteiger partial charge in [0, 0.05) is 12.1 Å². The number of amides is 1. The normalized spacial score (nSPS) is 14.5. The van der Waals surface area contributed by atoms with Gasteiger partial charge in [-0.15, -0.1) is 0 Å². The Bertz CT molecular complexity index is 1270. The summed E-state index contributed by atoms with van der Waals surface area (Å²) in [5.41, 5.74) is 2.51. The number of para-hydroxylation sites is 2. The SMILES string of the molecule is Cc1ccc(Oc2ccccc2NC(=O)CN2CCC(c3nc(-c4ccccn4)no3)CC2)cc1. The molecule has 0 atom stereocenters. The fourth-order valence-corrected chi connectivity index (χ4v) is 4.12. The number of likely N-dealkylation sites (tertiary alicyclic amines) is 1. The summed E-state index contributed by atoms with van der Waals surface area (Å²) in [6.07, 6.45) is 3.41. The Balaban J connectivity index is 1.14. The molecule has 5 rings (SSSR count). The molecule has 3 heterocycles. The molecule has 1 N–H and O–H groups in total. The summed E-state index contributed by atoms with van der Waals surface area (Å²) in [6, 6.07) is 20.9. The van der Waals surface area contributed by atoms with Crippen LogP contribution in [0.4, 0.5) is 5.69 Å². The van der Waals surface area contributed by atoms with Crippen molar-refractivity contribution in [2.24, 2.45) is 0 Å². The quantitative estimate of drug-likeness (QED) is 0.405. The van der Waals surface area contributed by atoms with E-state index in [-0.39, 0.29) is 11.8 Å². The number of hydrogen-bond donors (Lipinski definition) is 1. The smallest absolute Gasteiger partial charge is 0.238 e. The van der Waals surface area contributed by atoms with Crippen LogP contribution in [-0.4, -0.2) is 45.6 Å². The van der Waals surface area contributed by atoms with Crippen LogP contribution in [0.25, 0.3) is 11.5 Å². The van der Waals surface area contributed by atoms with E-state index < -0.39 is 0 Å². The monoisotopic (exact) mass is 469 g/mol. The van der Waals surface area contributed by atoms with Crippen LogP contribution in [0.2, 0.25) is 0 Å². The van der Waals surface area contributed by atoms with Crippen molar-refractivity contribution < 1.29 is 14.1 Å². The summed E-state index contributed by atoms with van der Waals surface area (Å²) in [5, 5.41) is 7.08. The average Bonchev–Trinajstić information content (AvgIpc) is 3.38. The van der Waals surface area contributed by atoms with Gasteiger partial charge in [0.1, 0.15) is 11.4 Å². The lowest BCUT2D eigenvalue weighted by atomic mass is 9.97. The first-order chi connectivity index (χ1) is 17.1. The topological polar surface area (TPSA) is 93.4 Å². The van der Waals surface area contributed by atoms with Crippen molar-refractivity contribution in [1.82, 2.24) is 20.0 Å². The predicted molar refractivity (Wildman–Crippen MR) is 132 cm³/mol. The molecule has 0 bridgehead atoms. The number of pyridine rings is 1. The van der Waals surface area contributed by atoms with Crippen LogP contribution >= 0.6 is 0 Å². The molecule has 1 saturated heterocycles. The summed E-state index contributed by atoms with van der Waals surface area (Å²) in [5.74, 6) is 2.60. The molecule has 1 aliphatic rings. The van der Waals surface area contributed by atoms with Gasteiger partial charge in [-0.05, 0) is 69.3 Å². The second-order valence-corrected chi connectivity index (χ2v) is 8.68. The summed E-state index contributed by atoms with van der Waals surface area (Å²) in [7, 11) is 0. The van der Waals surface area contributed by atoms with Crippen molar-refractivity contribution in [1.29, 1.82) is 0 Å². The highest BCUT2D eigenvalue weighted by Crippen LogP contribution is 2.30. The van der Waals surface area contributed by atoms with Gasteiger partial charge in [-0.25, -0.2) is 0 Å². The number of piperidine rings is 1. The molecule has 1 amide bonds. The van der Waals surface area contributed by atoms with Gasteiger partial charge in [0.25, 0.3) is 0 Å². The minimum atomic E-state index is -0.0707. The second-order valence-electron chi connectivity index (χ2n) is 8.68. The number of carbonyl (C=O) groups excluding carboxylic acids is 1. The van der Waals surface area contributed by atoms with Gasteiger partial charge in [-0.2, -0.15) is 4.98 Å². The molecule has 1 fully saturated rings. The molecule has 1 aliphatic heterocycles. The highest BCUT2D eigenvalue weighted by atomic mass is 16.5. The van der Waals surface area contributed by atoms with E-state index in [0.717, 1.165) is 37.2 Å². The molecule has 35 heavy (non-hydrogen) atoms. The fraction of sp³-hybridized carbons (Fsp3) is 0.259. The van der Waals surface area contributed by atoms with Crippen LogP contribution in [0, 0.1) is 6.92 Å². The molecular weight excluding hydrogens is 442 g/mol. The fourth-order valence-electron chi connectivity index (χ4n) is 4.12. The highest BCUT2D eigenvalue weighted by Gasteiger charge is 2.26. The zero-order valence-electron chi connectivity index (χ0n) is 19.6. The molecule has 0 aliphatic carbocycles. The van der Waals surface area contributed by atoms with Gasteiger partial charge in [0.05, 0.1) is 12.2 Å². The molecule has 2 aromatic carbocycles. The third kappa shape index (κ3) is 5.73. The third-order valence-corrected chi connectivity index (χ3v) is 6.05. The van der Waals surface area contributed by atoms with E-state index in [0.29, 0.717) is 35.4 Å². The molecule has 4 aromatic rings. The Hall–Kier alpha value is -4.04. The van der Waals surface area contributed by atoms with E-state index in [1.165, 1.54) is 0 Å². The standard InChI is InChI=1S/C27H27N5O3/c1-19-9-11-21(12-10-19)34-24-8-3-2-6-22(24)29-25(33)18-32-16-13-20(14-17-32)27-30-26(31-35-27)23-7-4-5-15-28-23/h2-12,15,20H,13-14,16-18H2,1H3,(H,29,33). The van der Waals surface area contributed by atoms with E-state index in [9.17, 15) is 4.79 Å². The maximum absolute atomic E-state index is 12.8. The zero-order chi connectivity index (χ0) is 24.0. The minimum absolute atomic E-state index is 0.0707. The molecule has 178 valence electrons. The molecule has 0 unspecified atom stereocenters. The Morgan fingerprint density at radius 3 is 2.60 bits per heavy atom. The van der Waals surface area contributed by atoms with Crippen LogP contribution in [0.3, 0.4) is 0 Å². The first-order valence-electron chi connectivity index (χ1n) is 11.7. The maximum Gasteiger partial charge on any atom is 0.238 e. The number of nitrogens with zero attached hydrogens (tertiary/aromatic N) is 4. The van der Waals surface area contributed by atoms with E-state index in [1.807, 2.05) is 73.7 Å². The first-order valence-corrected chi connectivity index (χ1v) is 11.7. The van der Waals surface area contributed by atoms with Crippen LogP contribution in [0.5, 0.6) is 11.5 Å². The lowest BCUT2D eigenvalue weighted by Crippen LogP contribution is -2.38. The summed E-state index contributed by atoms with van der Waals surface area (Å²) in [6.45, 7) is 3.90. The number of ether oxygens (including phenoxy) is 1. The van der Waals surface area contributed by atoms with Crippen LogP contribution in [0.1, 0.15) is 30.2 Å². The predicted octanol–water partition coefficient (Wildman–Crippen LogP) is 5.05. The molecule has 8 nitrogen and oxygen atoms in total. The number of carbonyl (C=O) groups is 1. The number of nitrogens with one attached hydrogen (secondary N) is 1.